The summed E-state index contributed by atoms with van der Waals surface area (Å²) in [5.41, 5.74) is -1.28. The van der Waals surface area contributed by atoms with Gasteiger partial charge >= 0.3 is 5.97 Å². The first-order valence-corrected chi connectivity index (χ1v) is 5.90. The molecule has 1 amide bonds. The van der Waals surface area contributed by atoms with Crippen molar-refractivity contribution in [2.75, 3.05) is 7.05 Å². The predicted octanol–water partition coefficient (Wildman–Crippen LogP) is 2.77. The molecule has 0 heterocycles. The molecule has 18 heavy (non-hydrogen) atoms. The van der Waals surface area contributed by atoms with E-state index in [1.807, 2.05) is 0 Å². The van der Waals surface area contributed by atoms with E-state index in [1.54, 1.807) is 6.07 Å². The van der Waals surface area contributed by atoms with Gasteiger partial charge in [0.15, 0.2) is 5.54 Å². The van der Waals surface area contributed by atoms with E-state index < -0.39 is 11.5 Å². The summed E-state index contributed by atoms with van der Waals surface area (Å²) in [6.45, 7) is 2.70. The van der Waals surface area contributed by atoms with Crippen LogP contribution in [0.25, 0.3) is 0 Å². The van der Waals surface area contributed by atoms with Crippen molar-refractivity contribution in [3.8, 4) is 0 Å². The fraction of sp³-hybridized carbons (Fsp3) is 0.333. The van der Waals surface area contributed by atoms with Crippen LogP contribution in [0, 0.1) is 0 Å². The number of carboxylic acids is 1. The molecule has 0 aliphatic carbocycles. The third-order valence-electron chi connectivity index (χ3n) is 3.01. The highest BCUT2D eigenvalue weighted by atomic mass is 35.5. The molecule has 0 aromatic heterocycles. The van der Waals surface area contributed by atoms with Gasteiger partial charge in [-0.15, -0.1) is 0 Å². The number of aliphatic carboxylic acids is 1. The molecule has 98 valence electrons. The van der Waals surface area contributed by atoms with Crippen molar-refractivity contribution in [3.05, 3.63) is 33.8 Å². The zero-order chi connectivity index (χ0) is 14.1. The average Bonchev–Trinajstić information content (AvgIpc) is 2.29. The lowest BCUT2D eigenvalue weighted by atomic mass is 9.90. The van der Waals surface area contributed by atoms with Gasteiger partial charge < -0.3 is 10.0 Å². The van der Waals surface area contributed by atoms with Crippen LogP contribution in [0.3, 0.4) is 0 Å². The molecule has 1 aromatic rings. The molecule has 0 bridgehead atoms. The van der Waals surface area contributed by atoms with E-state index in [9.17, 15) is 14.7 Å². The third-order valence-corrected chi connectivity index (χ3v) is 3.58. The number of carbonyl (C=O) groups is 2. The normalized spacial score (nSPS) is 13.8. The topological polar surface area (TPSA) is 57.6 Å². The molecule has 0 aliphatic rings. The van der Waals surface area contributed by atoms with Crippen LogP contribution in [0.15, 0.2) is 18.2 Å². The number of amides is 1. The molecule has 1 atom stereocenters. The van der Waals surface area contributed by atoms with Gasteiger partial charge in [0.1, 0.15) is 0 Å². The summed E-state index contributed by atoms with van der Waals surface area (Å²) >= 11 is 11.9. The van der Waals surface area contributed by atoms with Crippen molar-refractivity contribution in [2.24, 2.45) is 0 Å². The van der Waals surface area contributed by atoms with E-state index in [0.29, 0.717) is 5.02 Å². The van der Waals surface area contributed by atoms with Crippen LogP contribution in [0.2, 0.25) is 10.0 Å². The molecule has 0 radical (unpaired) electrons. The van der Waals surface area contributed by atoms with Gasteiger partial charge in [-0.1, -0.05) is 23.2 Å². The lowest BCUT2D eigenvalue weighted by Crippen LogP contribution is -2.50. The van der Waals surface area contributed by atoms with Crippen LogP contribution in [-0.2, 0) is 15.1 Å². The predicted molar refractivity (Wildman–Crippen MR) is 69.9 cm³/mol. The Labute approximate surface area is 115 Å². The van der Waals surface area contributed by atoms with Crippen LogP contribution >= 0.6 is 23.2 Å². The van der Waals surface area contributed by atoms with Crippen molar-refractivity contribution in [1.29, 1.82) is 0 Å². The summed E-state index contributed by atoms with van der Waals surface area (Å²) in [5, 5.41) is 10.0. The quantitative estimate of drug-likeness (QED) is 0.931. The van der Waals surface area contributed by atoms with Crippen molar-refractivity contribution in [2.45, 2.75) is 19.4 Å². The minimum Gasteiger partial charge on any atom is -0.479 e. The zero-order valence-corrected chi connectivity index (χ0v) is 11.7. The maximum Gasteiger partial charge on any atom is 0.334 e. The number of carbonyl (C=O) groups excluding carboxylic acids is 1. The molecular weight excluding hydrogens is 277 g/mol. The Morgan fingerprint density at radius 1 is 1.33 bits per heavy atom. The zero-order valence-electron chi connectivity index (χ0n) is 10.2. The number of hydrogen-bond donors (Lipinski definition) is 1. The molecular formula is C12H13Cl2NO3. The van der Waals surface area contributed by atoms with Crippen molar-refractivity contribution < 1.29 is 14.7 Å². The molecule has 4 nitrogen and oxygen atoms in total. The van der Waals surface area contributed by atoms with Gasteiger partial charge in [-0.25, -0.2) is 4.79 Å². The molecule has 0 saturated heterocycles. The highest BCUT2D eigenvalue weighted by Gasteiger charge is 2.42. The largest absolute Gasteiger partial charge is 0.479 e. The van der Waals surface area contributed by atoms with Gasteiger partial charge in [0.05, 0.1) is 0 Å². The van der Waals surface area contributed by atoms with Crippen molar-refractivity contribution in [3.63, 3.8) is 0 Å². The highest BCUT2D eigenvalue weighted by Crippen LogP contribution is 2.34. The van der Waals surface area contributed by atoms with Crippen LogP contribution in [-0.4, -0.2) is 28.9 Å². The van der Waals surface area contributed by atoms with E-state index in [0.717, 1.165) is 4.90 Å². The Hall–Kier alpha value is -1.26. The molecule has 1 rings (SSSR count). The smallest absolute Gasteiger partial charge is 0.334 e. The van der Waals surface area contributed by atoms with Crippen LogP contribution in [0.5, 0.6) is 0 Å². The van der Waals surface area contributed by atoms with E-state index in [2.05, 4.69) is 0 Å². The number of benzene rings is 1. The number of rotatable bonds is 3. The van der Waals surface area contributed by atoms with Gasteiger partial charge in [-0.3, -0.25) is 4.79 Å². The Morgan fingerprint density at radius 3 is 2.33 bits per heavy atom. The summed E-state index contributed by atoms with van der Waals surface area (Å²) < 4.78 is 0. The monoisotopic (exact) mass is 289 g/mol. The minimum absolute atomic E-state index is 0.248. The first-order chi connectivity index (χ1) is 8.21. The lowest BCUT2D eigenvalue weighted by Gasteiger charge is -2.35. The van der Waals surface area contributed by atoms with Gasteiger partial charge in [0.25, 0.3) is 0 Å². The molecule has 0 aliphatic heterocycles. The maximum atomic E-state index is 11.5. The standard InChI is InChI=1S/C12H13Cl2NO3/c1-7(16)15(3)12(2,11(17)18)9-6-8(13)4-5-10(9)14/h4-6H,1-3H3,(H,17,18). The molecule has 1 aromatic carbocycles. The second-order valence-corrected chi connectivity index (χ2v) is 4.92. The summed E-state index contributed by atoms with van der Waals surface area (Å²) in [5.74, 6) is -1.56. The number of carboxylic acid groups (broad SMARTS) is 1. The second kappa shape index (κ2) is 5.16. The number of likely N-dealkylation sites (N-methyl/N-ethyl adjacent to an activating group) is 1. The molecule has 1 unspecified atom stereocenters. The molecule has 6 heteroatoms. The lowest BCUT2D eigenvalue weighted by molar-refractivity contribution is -0.156. The van der Waals surface area contributed by atoms with Crippen LogP contribution in [0.4, 0.5) is 0 Å². The third kappa shape index (κ3) is 2.44. The first kappa shape index (κ1) is 14.8. The van der Waals surface area contributed by atoms with Crippen LogP contribution in [0.1, 0.15) is 19.4 Å². The number of hydrogen-bond acceptors (Lipinski definition) is 2. The van der Waals surface area contributed by atoms with E-state index in [4.69, 9.17) is 23.2 Å². The van der Waals surface area contributed by atoms with Crippen LogP contribution < -0.4 is 0 Å². The summed E-state index contributed by atoms with van der Waals surface area (Å²) in [6, 6.07) is 4.52. The maximum absolute atomic E-state index is 11.5. The van der Waals surface area contributed by atoms with Gasteiger partial charge in [-0.05, 0) is 25.1 Å². The highest BCUT2D eigenvalue weighted by molar-refractivity contribution is 6.34. The summed E-state index contributed by atoms with van der Waals surface area (Å²) in [4.78, 5) is 24.1. The van der Waals surface area contributed by atoms with E-state index >= 15 is 0 Å². The van der Waals surface area contributed by atoms with E-state index in [1.165, 1.54) is 33.0 Å². The molecule has 0 fully saturated rings. The molecule has 0 spiro atoms. The average molecular weight is 290 g/mol. The first-order valence-electron chi connectivity index (χ1n) is 5.14. The van der Waals surface area contributed by atoms with Crippen molar-refractivity contribution >= 4 is 35.1 Å². The Balaban J connectivity index is 3.50. The fourth-order valence-corrected chi connectivity index (χ4v) is 2.10. The Morgan fingerprint density at radius 2 is 1.89 bits per heavy atom. The number of halogens is 2. The SMILES string of the molecule is CC(=O)N(C)C(C)(C(=O)O)c1cc(Cl)ccc1Cl. The summed E-state index contributed by atoms with van der Waals surface area (Å²) in [6.07, 6.45) is 0. The van der Waals surface area contributed by atoms with Gasteiger partial charge in [0, 0.05) is 29.6 Å². The van der Waals surface area contributed by atoms with Gasteiger partial charge in [0.2, 0.25) is 5.91 Å². The fourth-order valence-electron chi connectivity index (χ4n) is 1.62. The summed E-state index contributed by atoms with van der Waals surface area (Å²) in [7, 11) is 1.41. The molecule has 0 saturated carbocycles. The second-order valence-electron chi connectivity index (χ2n) is 4.08. The Bertz CT molecular complexity index is 504. The molecule has 1 N–H and O–H groups in total. The minimum atomic E-state index is -1.56. The van der Waals surface area contributed by atoms with E-state index in [-0.39, 0.29) is 16.5 Å². The van der Waals surface area contributed by atoms with Gasteiger partial charge in [-0.2, -0.15) is 0 Å². The Kier molecular flexibility index (Phi) is 4.24. The van der Waals surface area contributed by atoms with Crippen molar-refractivity contribution in [1.82, 2.24) is 4.90 Å². The number of nitrogens with zero attached hydrogens (tertiary/aromatic N) is 1.